The van der Waals surface area contributed by atoms with E-state index in [-0.39, 0.29) is 18.3 Å². The summed E-state index contributed by atoms with van der Waals surface area (Å²) in [6.45, 7) is 2.41. The molecule has 1 atom stereocenters. The second-order valence-electron chi connectivity index (χ2n) is 4.11. The highest BCUT2D eigenvalue weighted by Crippen LogP contribution is 2.31. The number of carbonyl (C=O) groups is 2. The molecular weight excluding hydrogens is 254 g/mol. The van der Waals surface area contributed by atoms with E-state index in [1.165, 1.54) is 0 Å². The minimum absolute atomic E-state index is 0.0962. The van der Waals surface area contributed by atoms with Crippen LogP contribution in [0.4, 0.5) is 5.69 Å². The lowest BCUT2D eigenvalue weighted by Gasteiger charge is -2.17. The molecule has 5 heteroatoms. The number of amides is 1. The molecule has 1 aromatic rings. The van der Waals surface area contributed by atoms with E-state index in [4.69, 9.17) is 16.3 Å². The van der Waals surface area contributed by atoms with E-state index >= 15 is 0 Å². The zero-order valence-corrected chi connectivity index (χ0v) is 10.8. The summed E-state index contributed by atoms with van der Waals surface area (Å²) in [6.07, 6.45) is 0.185. The number of nitrogens with zero attached hydrogens (tertiary/aromatic N) is 1. The predicted octanol–water partition coefficient (Wildman–Crippen LogP) is 2.26. The molecule has 0 aliphatic carbocycles. The van der Waals surface area contributed by atoms with Crippen LogP contribution >= 0.6 is 11.6 Å². The molecule has 18 heavy (non-hydrogen) atoms. The third-order valence-corrected chi connectivity index (χ3v) is 3.21. The van der Waals surface area contributed by atoms with Crippen molar-refractivity contribution < 1.29 is 14.3 Å². The van der Waals surface area contributed by atoms with Gasteiger partial charge in [-0.05, 0) is 19.1 Å². The van der Waals surface area contributed by atoms with Gasteiger partial charge >= 0.3 is 5.97 Å². The van der Waals surface area contributed by atoms with Crippen molar-refractivity contribution in [3.63, 3.8) is 0 Å². The molecule has 0 saturated carbocycles. The van der Waals surface area contributed by atoms with E-state index in [1.807, 2.05) is 6.07 Å². The van der Waals surface area contributed by atoms with Crippen molar-refractivity contribution >= 4 is 29.2 Å². The number of para-hydroxylation sites is 1. The first kappa shape index (κ1) is 12.9. The van der Waals surface area contributed by atoms with Crippen LogP contribution < -0.4 is 4.90 Å². The lowest BCUT2D eigenvalue weighted by atomic mass is 10.1. The Morgan fingerprint density at radius 1 is 1.50 bits per heavy atom. The second kappa shape index (κ2) is 5.40. The number of esters is 1. The van der Waals surface area contributed by atoms with Gasteiger partial charge in [-0.15, -0.1) is 0 Å². The highest BCUT2D eigenvalue weighted by molar-refractivity contribution is 6.33. The van der Waals surface area contributed by atoms with Crippen LogP contribution in [0.1, 0.15) is 13.3 Å². The summed E-state index contributed by atoms with van der Waals surface area (Å²) in [5.74, 6) is -0.810. The molecule has 0 aromatic heterocycles. The van der Waals surface area contributed by atoms with E-state index in [0.717, 1.165) is 0 Å². The van der Waals surface area contributed by atoms with Crippen molar-refractivity contribution in [1.29, 1.82) is 0 Å². The van der Waals surface area contributed by atoms with Gasteiger partial charge in [0.25, 0.3) is 0 Å². The van der Waals surface area contributed by atoms with Crippen LogP contribution in [-0.2, 0) is 14.3 Å². The second-order valence-corrected chi connectivity index (χ2v) is 4.52. The fourth-order valence-corrected chi connectivity index (χ4v) is 2.27. The molecule has 1 amide bonds. The first-order valence-corrected chi connectivity index (χ1v) is 6.22. The maximum atomic E-state index is 11.9. The van der Waals surface area contributed by atoms with Crippen LogP contribution in [0.25, 0.3) is 0 Å². The average molecular weight is 268 g/mol. The Bertz CT molecular complexity index is 475. The van der Waals surface area contributed by atoms with Crippen LogP contribution in [0, 0.1) is 5.92 Å². The molecule has 1 aromatic carbocycles. The van der Waals surface area contributed by atoms with Crippen molar-refractivity contribution in [2.24, 2.45) is 5.92 Å². The summed E-state index contributed by atoms with van der Waals surface area (Å²) in [6, 6.07) is 7.11. The normalized spacial score (nSPS) is 19.1. The van der Waals surface area contributed by atoms with Crippen LogP contribution in [0.3, 0.4) is 0 Å². The molecule has 1 saturated heterocycles. The van der Waals surface area contributed by atoms with Gasteiger partial charge in [0.05, 0.1) is 23.2 Å². The topological polar surface area (TPSA) is 46.6 Å². The van der Waals surface area contributed by atoms with Crippen LogP contribution in [0.2, 0.25) is 5.02 Å². The summed E-state index contributed by atoms with van der Waals surface area (Å²) in [5.41, 5.74) is 0.649. The van der Waals surface area contributed by atoms with Gasteiger partial charge in [-0.1, -0.05) is 23.7 Å². The van der Waals surface area contributed by atoms with Crippen molar-refractivity contribution in [1.82, 2.24) is 0 Å². The Kier molecular flexibility index (Phi) is 3.87. The van der Waals surface area contributed by atoms with Crippen molar-refractivity contribution in [2.75, 3.05) is 18.1 Å². The zero-order chi connectivity index (χ0) is 13.1. The molecule has 4 nitrogen and oxygen atoms in total. The molecule has 1 aliphatic rings. The summed E-state index contributed by atoms with van der Waals surface area (Å²) >= 11 is 6.05. The highest BCUT2D eigenvalue weighted by atomic mass is 35.5. The first-order valence-electron chi connectivity index (χ1n) is 5.85. The quantitative estimate of drug-likeness (QED) is 0.789. The summed E-state index contributed by atoms with van der Waals surface area (Å²) in [7, 11) is 0. The maximum Gasteiger partial charge on any atom is 0.311 e. The maximum absolute atomic E-state index is 11.9. The Balaban J connectivity index is 2.15. The SMILES string of the molecule is CCOC(=O)C1CC(=O)N(c2ccccc2Cl)C1. The summed E-state index contributed by atoms with van der Waals surface area (Å²) in [4.78, 5) is 25.1. The molecular formula is C13H14ClNO3. The largest absolute Gasteiger partial charge is 0.466 e. The third-order valence-electron chi connectivity index (χ3n) is 2.89. The minimum atomic E-state index is -0.395. The highest BCUT2D eigenvalue weighted by Gasteiger charge is 2.36. The summed E-state index contributed by atoms with van der Waals surface area (Å²) < 4.78 is 4.94. The van der Waals surface area contributed by atoms with Gasteiger partial charge in [0.1, 0.15) is 0 Å². The fourth-order valence-electron chi connectivity index (χ4n) is 2.03. The summed E-state index contributed by atoms with van der Waals surface area (Å²) in [5, 5.41) is 0.510. The van der Waals surface area contributed by atoms with Crippen LogP contribution in [0.15, 0.2) is 24.3 Å². The Hall–Kier alpha value is -1.55. The molecule has 0 bridgehead atoms. The lowest BCUT2D eigenvalue weighted by Crippen LogP contribution is -2.26. The predicted molar refractivity (Wildman–Crippen MR) is 68.5 cm³/mol. The number of halogens is 1. The third kappa shape index (κ3) is 2.48. The fraction of sp³-hybridized carbons (Fsp3) is 0.385. The zero-order valence-electron chi connectivity index (χ0n) is 10.1. The number of carbonyl (C=O) groups excluding carboxylic acids is 2. The molecule has 0 N–H and O–H groups in total. The number of benzene rings is 1. The van der Waals surface area contributed by atoms with Gasteiger partial charge < -0.3 is 9.64 Å². The number of anilines is 1. The molecule has 96 valence electrons. The first-order chi connectivity index (χ1) is 8.63. The van der Waals surface area contributed by atoms with Crippen molar-refractivity contribution in [3.8, 4) is 0 Å². The van der Waals surface area contributed by atoms with E-state index in [2.05, 4.69) is 0 Å². The van der Waals surface area contributed by atoms with Gasteiger partial charge in [0.15, 0.2) is 0 Å². The number of ether oxygens (including phenoxy) is 1. The molecule has 0 spiro atoms. The van der Waals surface area contributed by atoms with Crippen molar-refractivity contribution in [3.05, 3.63) is 29.3 Å². The molecule has 1 fully saturated rings. The van der Waals surface area contributed by atoms with Gasteiger partial charge in [0.2, 0.25) is 5.91 Å². The average Bonchev–Trinajstić information content (AvgIpc) is 2.72. The van der Waals surface area contributed by atoms with Gasteiger partial charge in [0, 0.05) is 13.0 Å². The Morgan fingerprint density at radius 3 is 2.89 bits per heavy atom. The number of rotatable bonds is 3. The number of hydrogen-bond acceptors (Lipinski definition) is 3. The van der Waals surface area contributed by atoms with E-state index in [0.29, 0.717) is 23.9 Å². The molecule has 0 radical (unpaired) electrons. The number of hydrogen-bond donors (Lipinski definition) is 0. The lowest BCUT2D eigenvalue weighted by molar-refractivity contribution is -0.147. The molecule has 2 rings (SSSR count). The molecule has 1 unspecified atom stereocenters. The smallest absolute Gasteiger partial charge is 0.311 e. The standard InChI is InChI=1S/C13H14ClNO3/c1-2-18-13(17)9-7-12(16)15(8-9)11-6-4-3-5-10(11)14/h3-6,9H,2,7-8H2,1H3. The molecule has 1 heterocycles. The van der Waals surface area contributed by atoms with E-state index in [9.17, 15) is 9.59 Å². The monoisotopic (exact) mass is 267 g/mol. The Morgan fingerprint density at radius 2 is 2.22 bits per heavy atom. The molecule has 1 aliphatic heterocycles. The van der Waals surface area contributed by atoms with Gasteiger partial charge in [-0.2, -0.15) is 0 Å². The minimum Gasteiger partial charge on any atom is -0.466 e. The van der Waals surface area contributed by atoms with Gasteiger partial charge in [-0.3, -0.25) is 9.59 Å². The Labute approximate surface area is 110 Å². The van der Waals surface area contributed by atoms with E-state index in [1.54, 1.807) is 30.0 Å². The van der Waals surface area contributed by atoms with Gasteiger partial charge in [-0.25, -0.2) is 0 Å². The van der Waals surface area contributed by atoms with Crippen molar-refractivity contribution in [2.45, 2.75) is 13.3 Å². The van der Waals surface area contributed by atoms with Crippen LogP contribution in [-0.4, -0.2) is 25.0 Å². The van der Waals surface area contributed by atoms with E-state index < -0.39 is 5.92 Å². The van der Waals surface area contributed by atoms with Crippen LogP contribution in [0.5, 0.6) is 0 Å².